The Kier molecular flexibility index (Phi) is 11.1. The molecular formula is C26H30N4O2. The van der Waals surface area contributed by atoms with Crippen LogP contribution in [0.4, 0.5) is 0 Å². The molecular weight excluding hydrogens is 400 g/mol. The molecule has 2 aromatic rings. The highest BCUT2D eigenvalue weighted by molar-refractivity contribution is 5.84. The molecule has 0 aromatic heterocycles. The van der Waals surface area contributed by atoms with E-state index in [4.69, 9.17) is 10.5 Å². The summed E-state index contributed by atoms with van der Waals surface area (Å²) in [6.07, 6.45) is 2.15. The Morgan fingerprint density at radius 2 is 1.00 bits per heavy atom. The highest BCUT2D eigenvalue weighted by Crippen LogP contribution is 2.08. The number of carbonyl (C=O) groups is 2. The fourth-order valence-electron chi connectivity index (χ4n) is 3.44. The molecule has 0 heterocycles. The zero-order valence-electron chi connectivity index (χ0n) is 18.4. The molecule has 2 aromatic carbocycles. The van der Waals surface area contributed by atoms with Gasteiger partial charge in [0.1, 0.15) is 0 Å². The summed E-state index contributed by atoms with van der Waals surface area (Å²) in [5.41, 5.74) is 2.25. The number of hydrogen-bond donors (Lipinski definition) is 0. The van der Waals surface area contributed by atoms with Gasteiger partial charge in [0.05, 0.1) is 25.0 Å². The first kappa shape index (κ1) is 24.6. The van der Waals surface area contributed by atoms with E-state index in [0.717, 1.165) is 11.1 Å². The van der Waals surface area contributed by atoms with Crippen LogP contribution in [0.5, 0.6) is 0 Å². The van der Waals surface area contributed by atoms with Gasteiger partial charge in [0.15, 0.2) is 0 Å². The molecule has 6 heteroatoms. The third-order valence-electron chi connectivity index (χ3n) is 5.27. The average molecular weight is 431 g/mol. The molecule has 0 bridgehead atoms. The highest BCUT2D eigenvalue weighted by Gasteiger charge is 2.18. The Balaban J connectivity index is 1.89. The van der Waals surface area contributed by atoms with Gasteiger partial charge in [-0.25, -0.2) is 0 Å². The third-order valence-corrected chi connectivity index (χ3v) is 5.27. The van der Waals surface area contributed by atoms with Crippen molar-refractivity contribution in [1.82, 2.24) is 9.80 Å². The van der Waals surface area contributed by atoms with Crippen LogP contribution in [-0.4, -0.2) is 47.8 Å². The lowest BCUT2D eigenvalue weighted by molar-refractivity contribution is -0.137. The summed E-state index contributed by atoms with van der Waals surface area (Å²) in [7, 11) is 0. The largest absolute Gasteiger partial charge is 0.341 e. The maximum absolute atomic E-state index is 12.8. The van der Waals surface area contributed by atoms with Crippen LogP contribution in [0, 0.1) is 22.7 Å². The monoisotopic (exact) mass is 430 g/mol. The normalized spacial score (nSPS) is 10.1. The molecule has 6 nitrogen and oxygen atoms in total. The number of benzene rings is 2. The molecule has 0 N–H and O–H groups in total. The number of amides is 2. The second-order valence-electron chi connectivity index (χ2n) is 7.55. The van der Waals surface area contributed by atoms with Crippen LogP contribution >= 0.6 is 0 Å². The Morgan fingerprint density at radius 3 is 1.34 bits per heavy atom. The summed E-state index contributed by atoms with van der Waals surface area (Å²) in [6, 6.07) is 24.0. The fraction of sp³-hybridized carbons (Fsp3) is 0.385. The molecule has 0 saturated carbocycles. The van der Waals surface area contributed by atoms with Crippen molar-refractivity contribution in [2.75, 3.05) is 26.2 Å². The first-order chi connectivity index (χ1) is 15.6. The molecule has 32 heavy (non-hydrogen) atoms. The van der Waals surface area contributed by atoms with Gasteiger partial charge in [-0.05, 0) is 24.0 Å². The van der Waals surface area contributed by atoms with Crippen molar-refractivity contribution in [3.8, 4) is 12.1 Å². The quantitative estimate of drug-likeness (QED) is 0.484. The topological polar surface area (TPSA) is 88.2 Å². The van der Waals surface area contributed by atoms with Gasteiger partial charge in [-0.3, -0.25) is 9.59 Å². The molecule has 2 amide bonds. The standard InChI is InChI=1S/C26H30N4O2/c27-17-7-19-29(21-15-23-9-3-1-4-10-23)25(31)13-14-26(32)30(20-8-18-28)22-16-24-11-5-2-6-12-24/h1-6,9-12H,7-8,13-16,19-22H2. The maximum atomic E-state index is 12.8. The second kappa shape index (κ2) is 14.4. The predicted octanol–water partition coefficient (Wildman–Crippen LogP) is 3.74. The van der Waals surface area contributed by atoms with Crippen molar-refractivity contribution in [2.45, 2.75) is 38.5 Å². The zero-order valence-corrected chi connectivity index (χ0v) is 18.4. The van der Waals surface area contributed by atoms with Gasteiger partial charge in [0, 0.05) is 39.0 Å². The third kappa shape index (κ3) is 9.02. The molecule has 166 valence electrons. The minimum atomic E-state index is -0.118. The van der Waals surface area contributed by atoms with E-state index < -0.39 is 0 Å². The van der Waals surface area contributed by atoms with Crippen LogP contribution in [-0.2, 0) is 22.4 Å². The summed E-state index contributed by atoms with van der Waals surface area (Å²) >= 11 is 0. The molecule has 0 aliphatic rings. The van der Waals surface area contributed by atoms with Crippen molar-refractivity contribution < 1.29 is 9.59 Å². The van der Waals surface area contributed by atoms with E-state index in [1.54, 1.807) is 9.80 Å². The van der Waals surface area contributed by atoms with Gasteiger partial charge in [-0.15, -0.1) is 0 Å². The minimum absolute atomic E-state index is 0.105. The van der Waals surface area contributed by atoms with Crippen LogP contribution in [0.1, 0.15) is 36.8 Å². The van der Waals surface area contributed by atoms with Gasteiger partial charge < -0.3 is 9.80 Å². The van der Waals surface area contributed by atoms with Gasteiger partial charge >= 0.3 is 0 Å². The number of rotatable bonds is 13. The summed E-state index contributed by atoms with van der Waals surface area (Å²) in [4.78, 5) is 28.9. The zero-order chi connectivity index (χ0) is 23.0. The smallest absolute Gasteiger partial charge is 0.223 e. The molecule has 0 fully saturated rings. The van der Waals surface area contributed by atoms with E-state index in [1.165, 1.54) is 0 Å². The van der Waals surface area contributed by atoms with Crippen molar-refractivity contribution in [3.05, 3.63) is 71.8 Å². The Bertz CT molecular complexity index is 839. The molecule has 0 radical (unpaired) electrons. The van der Waals surface area contributed by atoms with E-state index >= 15 is 0 Å². The predicted molar refractivity (Wildman–Crippen MR) is 123 cm³/mol. The summed E-state index contributed by atoms with van der Waals surface area (Å²) in [5.74, 6) is -0.236. The molecule has 0 aliphatic carbocycles. The summed E-state index contributed by atoms with van der Waals surface area (Å²) in [6.45, 7) is 1.76. The van der Waals surface area contributed by atoms with E-state index in [-0.39, 0.29) is 37.5 Å². The summed E-state index contributed by atoms with van der Waals surface area (Å²) < 4.78 is 0. The van der Waals surface area contributed by atoms with E-state index in [0.29, 0.717) is 39.0 Å². The number of nitrogens with zero attached hydrogens (tertiary/aromatic N) is 4. The van der Waals surface area contributed by atoms with Crippen LogP contribution in [0.2, 0.25) is 0 Å². The molecule has 0 unspecified atom stereocenters. The Labute approximate surface area is 190 Å². The number of carbonyl (C=O) groups excluding carboxylic acids is 2. The van der Waals surface area contributed by atoms with Gasteiger partial charge in [0.25, 0.3) is 0 Å². The van der Waals surface area contributed by atoms with Crippen molar-refractivity contribution in [2.24, 2.45) is 0 Å². The lowest BCUT2D eigenvalue weighted by atomic mass is 10.1. The molecule has 0 spiro atoms. The Morgan fingerprint density at radius 1 is 0.625 bits per heavy atom. The lowest BCUT2D eigenvalue weighted by Gasteiger charge is -2.24. The van der Waals surface area contributed by atoms with Crippen molar-refractivity contribution in [1.29, 1.82) is 10.5 Å². The van der Waals surface area contributed by atoms with Crippen LogP contribution < -0.4 is 0 Å². The average Bonchev–Trinajstić information content (AvgIpc) is 2.83. The molecule has 0 atom stereocenters. The minimum Gasteiger partial charge on any atom is -0.341 e. The number of hydrogen-bond acceptors (Lipinski definition) is 4. The molecule has 0 aliphatic heterocycles. The van der Waals surface area contributed by atoms with Gasteiger partial charge in [0.2, 0.25) is 11.8 Å². The first-order valence-electron chi connectivity index (χ1n) is 11.0. The second-order valence-corrected chi connectivity index (χ2v) is 7.55. The van der Waals surface area contributed by atoms with Gasteiger partial charge in [-0.2, -0.15) is 10.5 Å². The summed E-state index contributed by atoms with van der Waals surface area (Å²) in [5, 5.41) is 17.9. The number of nitriles is 2. The van der Waals surface area contributed by atoms with E-state index in [1.807, 2.05) is 60.7 Å². The van der Waals surface area contributed by atoms with Crippen molar-refractivity contribution in [3.63, 3.8) is 0 Å². The highest BCUT2D eigenvalue weighted by atomic mass is 16.2. The lowest BCUT2D eigenvalue weighted by Crippen LogP contribution is -2.37. The molecule has 0 saturated heterocycles. The van der Waals surface area contributed by atoms with Crippen molar-refractivity contribution >= 4 is 11.8 Å². The van der Waals surface area contributed by atoms with Crippen LogP contribution in [0.3, 0.4) is 0 Å². The fourth-order valence-corrected chi connectivity index (χ4v) is 3.44. The SMILES string of the molecule is N#CCCN(CCc1ccccc1)C(=O)CCC(=O)N(CCC#N)CCc1ccccc1. The molecule has 2 rings (SSSR count). The van der Waals surface area contributed by atoms with E-state index in [9.17, 15) is 9.59 Å². The van der Waals surface area contributed by atoms with Crippen LogP contribution in [0.25, 0.3) is 0 Å². The Hall–Kier alpha value is -3.64. The van der Waals surface area contributed by atoms with Gasteiger partial charge in [-0.1, -0.05) is 60.7 Å². The maximum Gasteiger partial charge on any atom is 0.223 e. The first-order valence-corrected chi connectivity index (χ1v) is 11.0. The van der Waals surface area contributed by atoms with E-state index in [2.05, 4.69) is 12.1 Å². The van der Waals surface area contributed by atoms with Crippen LogP contribution in [0.15, 0.2) is 60.7 Å².